The fraction of sp³-hybridized carbons (Fsp3) is 0.385. The van der Waals surface area contributed by atoms with E-state index in [9.17, 15) is 13.2 Å². The van der Waals surface area contributed by atoms with Gasteiger partial charge in [-0.15, -0.1) is 0 Å². The Morgan fingerprint density at radius 3 is 2.76 bits per heavy atom. The zero-order valence-electron chi connectivity index (χ0n) is 11.2. The first kappa shape index (κ1) is 16.0. The maximum absolute atomic E-state index is 13.1. The summed E-state index contributed by atoms with van der Waals surface area (Å²) < 4.78 is 44.5. The van der Waals surface area contributed by atoms with E-state index in [0.29, 0.717) is 23.3 Å². The molecule has 0 atom stereocenters. The van der Waals surface area contributed by atoms with Gasteiger partial charge in [-0.3, -0.25) is 0 Å². The number of hydrogen-bond donors (Lipinski definition) is 1. The van der Waals surface area contributed by atoms with Crippen molar-refractivity contribution in [3.63, 3.8) is 0 Å². The number of benzene rings is 1. The van der Waals surface area contributed by atoms with Crippen molar-refractivity contribution in [2.24, 2.45) is 0 Å². The van der Waals surface area contributed by atoms with Gasteiger partial charge in [0, 0.05) is 23.0 Å². The molecular formula is C13H13BrF3N3O. The van der Waals surface area contributed by atoms with E-state index in [1.54, 1.807) is 0 Å². The molecule has 0 bridgehead atoms. The zero-order valence-corrected chi connectivity index (χ0v) is 12.8. The van der Waals surface area contributed by atoms with Crippen molar-refractivity contribution >= 4 is 15.9 Å². The highest BCUT2D eigenvalue weighted by Gasteiger charge is 2.35. The molecule has 4 nitrogen and oxygen atoms in total. The van der Waals surface area contributed by atoms with Crippen molar-refractivity contribution in [3.05, 3.63) is 34.1 Å². The van der Waals surface area contributed by atoms with Crippen LogP contribution in [0.3, 0.4) is 0 Å². The van der Waals surface area contributed by atoms with Gasteiger partial charge in [-0.05, 0) is 24.7 Å². The summed E-state index contributed by atoms with van der Waals surface area (Å²) in [5, 5.41) is 6.71. The molecule has 2 aromatic rings. The van der Waals surface area contributed by atoms with Gasteiger partial charge in [-0.25, -0.2) is 0 Å². The highest BCUT2D eigenvalue weighted by atomic mass is 79.9. The van der Waals surface area contributed by atoms with Crippen LogP contribution >= 0.6 is 15.9 Å². The molecule has 2 rings (SSSR count). The largest absolute Gasteiger partial charge is 0.417 e. The smallest absolute Gasteiger partial charge is 0.339 e. The van der Waals surface area contributed by atoms with Gasteiger partial charge in [0.25, 0.3) is 0 Å². The number of nitrogens with one attached hydrogen (secondary N) is 1. The van der Waals surface area contributed by atoms with Gasteiger partial charge < -0.3 is 9.84 Å². The van der Waals surface area contributed by atoms with E-state index in [4.69, 9.17) is 4.52 Å². The van der Waals surface area contributed by atoms with Crippen LogP contribution in [0.25, 0.3) is 11.4 Å². The lowest BCUT2D eigenvalue weighted by atomic mass is 10.1. The average Bonchev–Trinajstić information content (AvgIpc) is 2.87. The molecule has 0 amide bonds. The second-order valence-corrected chi connectivity index (χ2v) is 5.22. The number of rotatable bonds is 5. The van der Waals surface area contributed by atoms with Gasteiger partial charge in [0.05, 0.1) is 5.56 Å². The molecule has 0 radical (unpaired) electrons. The summed E-state index contributed by atoms with van der Waals surface area (Å²) in [4.78, 5) is 4.02. The van der Waals surface area contributed by atoms with Gasteiger partial charge >= 0.3 is 6.18 Å². The van der Waals surface area contributed by atoms with E-state index in [1.165, 1.54) is 12.1 Å². The number of nitrogens with zero attached hydrogens (tertiary/aromatic N) is 2. The lowest BCUT2D eigenvalue weighted by Gasteiger charge is -2.10. The molecule has 21 heavy (non-hydrogen) atoms. The molecule has 114 valence electrons. The second kappa shape index (κ2) is 6.57. The predicted molar refractivity (Wildman–Crippen MR) is 74.7 cm³/mol. The minimum Gasteiger partial charge on any atom is -0.339 e. The fourth-order valence-corrected chi connectivity index (χ4v) is 2.14. The first-order valence-electron chi connectivity index (χ1n) is 6.32. The minimum absolute atomic E-state index is 0.0543. The molecule has 0 fully saturated rings. The maximum Gasteiger partial charge on any atom is 0.417 e. The third-order valence-electron chi connectivity index (χ3n) is 2.76. The maximum atomic E-state index is 13.1. The Morgan fingerprint density at radius 1 is 1.33 bits per heavy atom. The Morgan fingerprint density at radius 2 is 2.10 bits per heavy atom. The number of aromatic nitrogens is 2. The van der Waals surface area contributed by atoms with Crippen molar-refractivity contribution in [2.45, 2.75) is 19.5 Å². The summed E-state index contributed by atoms with van der Waals surface area (Å²) in [6.45, 7) is 3.38. The molecule has 0 aliphatic heterocycles. The van der Waals surface area contributed by atoms with Crippen LogP contribution in [0.15, 0.2) is 27.2 Å². The van der Waals surface area contributed by atoms with Gasteiger partial charge in [0.1, 0.15) is 0 Å². The van der Waals surface area contributed by atoms with Crippen LogP contribution in [-0.2, 0) is 12.6 Å². The molecule has 1 aromatic heterocycles. The standard InChI is InChI=1S/C13H13BrF3N3O/c1-2-18-6-5-11-19-12(20-21-11)9-4-3-8(14)7-10(9)13(15,16)17/h3-4,7,18H,2,5-6H2,1H3. The zero-order chi connectivity index (χ0) is 15.5. The number of alkyl halides is 3. The molecule has 0 unspecified atom stereocenters. The molecule has 1 heterocycles. The monoisotopic (exact) mass is 363 g/mol. The summed E-state index contributed by atoms with van der Waals surface area (Å²) in [7, 11) is 0. The van der Waals surface area contributed by atoms with Crippen LogP contribution < -0.4 is 5.32 Å². The summed E-state index contributed by atoms with van der Waals surface area (Å²) in [5.74, 6) is 0.253. The SMILES string of the molecule is CCNCCc1nc(-c2ccc(Br)cc2C(F)(F)F)no1. The van der Waals surface area contributed by atoms with Crippen LogP contribution in [0, 0.1) is 0 Å². The Balaban J connectivity index is 2.30. The van der Waals surface area contributed by atoms with Crippen molar-refractivity contribution in [3.8, 4) is 11.4 Å². The number of halogens is 4. The quantitative estimate of drug-likeness (QED) is 0.823. The average molecular weight is 364 g/mol. The van der Waals surface area contributed by atoms with Crippen LogP contribution in [-0.4, -0.2) is 23.2 Å². The molecule has 0 spiro atoms. The summed E-state index contributed by atoms with van der Waals surface area (Å²) in [5.41, 5.74) is -0.889. The van der Waals surface area contributed by atoms with Crippen LogP contribution in [0.5, 0.6) is 0 Å². The normalized spacial score (nSPS) is 11.9. The fourth-order valence-electron chi connectivity index (χ4n) is 1.78. The van der Waals surface area contributed by atoms with Gasteiger partial charge in [0.15, 0.2) is 0 Å². The van der Waals surface area contributed by atoms with E-state index < -0.39 is 11.7 Å². The summed E-state index contributed by atoms with van der Waals surface area (Å²) in [6, 6.07) is 3.84. The van der Waals surface area contributed by atoms with Crippen molar-refractivity contribution in [1.29, 1.82) is 0 Å². The van der Waals surface area contributed by atoms with Gasteiger partial charge in [-0.2, -0.15) is 18.2 Å². The van der Waals surface area contributed by atoms with Crippen molar-refractivity contribution in [2.75, 3.05) is 13.1 Å². The minimum atomic E-state index is -4.48. The van der Waals surface area contributed by atoms with Gasteiger partial charge in [-0.1, -0.05) is 28.0 Å². The lowest BCUT2D eigenvalue weighted by molar-refractivity contribution is -0.137. The molecule has 1 aromatic carbocycles. The third-order valence-corrected chi connectivity index (χ3v) is 3.25. The van der Waals surface area contributed by atoms with Crippen LogP contribution in [0.4, 0.5) is 13.2 Å². The van der Waals surface area contributed by atoms with E-state index >= 15 is 0 Å². The molecular weight excluding hydrogens is 351 g/mol. The third kappa shape index (κ3) is 4.04. The predicted octanol–water partition coefficient (Wildman–Crippen LogP) is 3.67. The topological polar surface area (TPSA) is 51.0 Å². The Labute approximate surface area is 127 Å². The number of hydrogen-bond acceptors (Lipinski definition) is 4. The van der Waals surface area contributed by atoms with Crippen LogP contribution in [0.1, 0.15) is 18.4 Å². The lowest BCUT2D eigenvalue weighted by Crippen LogP contribution is -2.16. The van der Waals surface area contributed by atoms with Crippen molar-refractivity contribution < 1.29 is 17.7 Å². The Kier molecular flexibility index (Phi) is 5.00. The van der Waals surface area contributed by atoms with Crippen molar-refractivity contribution in [1.82, 2.24) is 15.5 Å². The molecule has 0 aliphatic carbocycles. The van der Waals surface area contributed by atoms with E-state index in [0.717, 1.165) is 12.6 Å². The Hall–Kier alpha value is -1.41. The highest BCUT2D eigenvalue weighted by molar-refractivity contribution is 9.10. The highest BCUT2D eigenvalue weighted by Crippen LogP contribution is 2.37. The summed E-state index contributed by atoms with van der Waals surface area (Å²) >= 11 is 3.04. The second-order valence-electron chi connectivity index (χ2n) is 4.30. The van der Waals surface area contributed by atoms with E-state index in [1.807, 2.05) is 6.92 Å². The summed E-state index contributed by atoms with van der Waals surface area (Å²) in [6.07, 6.45) is -4.01. The molecule has 8 heteroatoms. The Bertz CT molecular complexity index is 613. The molecule has 0 saturated heterocycles. The first-order chi connectivity index (χ1) is 9.91. The molecule has 1 N–H and O–H groups in total. The van der Waals surface area contributed by atoms with E-state index in [2.05, 4.69) is 31.4 Å². The van der Waals surface area contributed by atoms with Crippen LogP contribution in [0.2, 0.25) is 0 Å². The van der Waals surface area contributed by atoms with E-state index in [-0.39, 0.29) is 11.4 Å². The first-order valence-corrected chi connectivity index (χ1v) is 7.11. The molecule has 0 aliphatic rings. The number of likely N-dealkylation sites (N-methyl/N-ethyl adjacent to an activating group) is 1. The van der Waals surface area contributed by atoms with Gasteiger partial charge in [0.2, 0.25) is 11.7 Å². The molecule has 0 saturated carbocycles.